The maximum absolute atomic E-state index is 13.6. The lowest BCUT2D eigenvalue weighted by molar-refractivity contribution is -0.139. The van der Waals surface area contributed by atoms with Crippen molar-refractivity contribution < 1.29 is 47.0 Å². The van der Waals surface area contributed by atoms with Crippen LogP contribution in [0.1, 0.15) is 92.9 Å². The fourth-order valence-electron chi connectivity index (χ4n) is 7.10. The lowest BCUT2D eigenvalue weighted by Gasteiger charge is -2.34. The molecule has 0 spiro atoms. The van der Waals surface area contributed by atoms with Gasteiger partial charge in [-0.05, 0) is 128 Å². The normalized spacial score (nSPS) is 16.6. The van der Waals surface area contributed by atoms with Crippen LogP contribution in [0.2, 0.25) is 0 Å². The number of fused-ring (bicyclic) bond motifs is 1. The van der Waals surface area contributed by atoms with Gasteiger partial charge in [-0.1, -0.05) is 30.3 Å². The maximum Gasteiger partial charge on any atom is 0.410 e. The van der Waals surface area contributed by atoms with Gasteiger partial charge in [0.05, 0.1) is 11.4 Å². The Balaban J connectivity index is 1.30. The summed E-state index contributed by atoms with van der Waals surface area (Å²) >= 11 is 0. The van der Waals surface area contributed by atoms with E-state index in [2.05, 4.69) is 15.4 Å². The van der Waals surface area contributed by atoms with Crippen LogP contribution < -0.4 is 15.4 Å². The third-order valence-corrected chi connectivity index (χ3v) is 11.8. The molecule has 0 aliphatic carbocycles. The van der Waals surface area contributed by atoms with Crippen molar-refractivity contribution in [1.29, 1.82) is 0 Å². The van der Waals surface area contributed by atoms with Crippen molar-refractivity contribution in [3.8, 4) is 0 Å². The third-order valence-electron chi connectivity index (χ3n) is 10.3. The molecule has 4 amide bonds. The number of carboxylic acids is 1. The second kappa shape index (κ2) is 19.8. The number of piperidine rings is 2. The highest BCUT2D eigenvalue weighted by molar-refractivity contribution is 7.89. The SMILES string of the molecule is CC(C)(C)OC(=O)N1CCC(CCC(CCC2CCN(C(=O)OC(C)(C)C)CC2)C(=O)NCC(=O)NC[C@@H](NS(=O)(=O)c2ccc3ccccc3c2)C(=O)O)CC1. The standard InChI is InChI=1S/C41H61N5O10S/c1-40(2,3)55-38(51)45-21-17-28(18-22-45)11-13-31(14-12-29-19-23-46(24-20-29)39(52)56-41(4,5)6)36(48)43-27-35(47)42-26-34(37(49)50)44-57(53,54)33-16-15-30-9-7-8-10-32(30)25-33/h7-10,15-16,25,28-29,31,34,44H,11-14,17-24,26-27H2,1-6H3,(H,42,47)(H,43,48)(H,49,50)/t34-/m1/s1. The number of sulfonamides is 1. The number of ether oxygens (including phenoxy) is 2. The minimum absolute atomic E-state index is 0.112. The lowest BCUT2D eigenvalue weighted by atomic mass is 9.84. The van der Waals surface area contributed by atoms with Gasteiger partial charge in [-0.3, -0.25) is 14.4 Å². The van der Waals surface area contributed by atoms with Gasteiger partial charge >= 0.3 is 18.2 Å². The Hall–Kier alpha value is -4.44. The van der Waals surface area contributed by atoms with E-state index in [9.17, 15) is 37.5 Å². The van der Waals surface area contributed by atoms with Gasteiger partial charge in [0, 0.05) is 38.6 Å². The molecule has 4 rings (SSSR count). The van der Waals surface area contributed by atoms with E-state index in [-0.39, 0.29) is 23.0 Å². The molecule has 16 heteroatoms. The largest absolute Gasteiger partial charge is 0.480 e. The molecule has 2 aliphatic rings. The van der Waals surface area contributed by atoms with Crippen LogP contribution in [0.3, 0.4) is 0 Å². The topological polar surface area (TPSA) is 201 Å². The molecule has 0 unspecified atom stereocenters. The van der Waals surface area contributed by atoms with E-state index < -0.39 is 58.2 Å². The molecule has 1 atom stereocenters. The van der Waals surface area contributed by atoms with Gasteiger partial charge in [-0.2, -0.15) is 4.72 Å². The van der Waals surface area contributed by atoms with Crippen LogP contribution in [0.25, 0.3) is 10.8 Å². The van der Waals surface area contributed by atoms with Gasteiger partial charge < -0.3 is 35.0 Å². The quantitative estimate of drug-likeness (QED) is 0.184. The van der Waals surface area contributed by atoms with Crippen LogP contribution in [-0.4, -0.2) is 110 Å². The molecule has 0 radical (unpaired) electrons. The molecule has 2 aromatic carbocycles. The van der Waals surface area contributed by atoms with Gasteiger partial charge in [-0.15, -0.1) is 0 Å². The Morgan fingerprint density at radius 2 is 1.25 bits per heavy atom. The zero-order valence-electron chi connectivity index (χ0n) is 34.2. The van der Waals surface area contributed by atoms with E-state index in [4.69, 9.17) is 9.47 Å². The molecule has 2 heterocycles. The van der Waals surface area contributed by atoms with Gasteiger partial charge in [0.15, 0.2) is 0 Å². The third kappa shape index (κ3) is 14.8. The molecule has 2 saturated heterocycles. The van der Waals surface area contributed by atoms with Crippen molar-refractivity contribution in [2.45, 2.75) is 115 Å². The summed E-state index contributed by atoms with van der Waals surface area (Å²) in [7, 11) is -4.24. The van der Waals surface area contributed by atoms with Gasteiger partial charge in [0.25, 0.3) is 0 Å². The maximum atomic E-state index is 13.6. The molecular weight excluding hydrogens is 755 g/mol. The molecule has 0 bridgehead atoms. The zero-order chi connectivity index (χ0) is 42.0. The molecule has 0 saturated carbocycles. The number of aliphatic carboxylic acids is 1. The average Bonchev–Trinajstić information content (AvgIpc) is 3.14. The van der Waals surface area contributed by atoms with Crippen LogP contribution in [0, 0.1) is 17.8 Å². The van der Waals surface area contributed by atoms with E-state index in [0.29, 0.717) is 56.2 Å². The molecule has 57 heavy (non-hydrogen) atoms. The van der Waals surface area contributed by atoms with Gasteiger partial charge in [0.2, 0.25) is 21.8 Å². The number of hydrogen-bond donors (Lipinski definition) is 4. The predicted octanol–water partition coefficient (Wildman–Crippen LogP) is 5.27. The molecule has 15 nitrogen and oxygen atoms in total. The summed E-state index contributed by atoms with van der Waals surface area (Å²) in [5, 5.41) is 16.4. The fourth-order valence-corrected chi connectivity index (χ4v) is 8.33. The Morgan fingerprint density at radius 1 is 0.754 bits per heavy atom. The van der Waals surface area contributed by atoms with Crippen LogP contribution in [-0.2, 0) is 33.9 Å². The molecule has 2 aliphatic heterocycles. The van der Waals surface area contributed by atoms with Crippen molar-refractivity contribution in [2.24, 2.45) is 17.8 Å². The number of nitrogens with one attached hydrogen (secondary N) is 3. The number of nitrogens with zero attached hydrogens (tertiary/aromatic N) is 2. The number of amides is 4. The van der Waals surface area contributed by atoms with E-state index in [1.54, 1.807) is 28.0 Å². The first kappa shape index (κ1) is 45.3. The summed E-state index contributed by atoms with van der Waals surface area (Å²) < 4.78 is 39.4. The number of rotatable bonds is 15. The first-order valence-corrected chi connectivity index (χ1v) is 21.4. The summed E-state index contributed by atoms with van der Waals surface area (Å²) in [6.07, 6.45) is 5.18. The average molecular weight is 816 g/mol. The van der Waals surface area contributed by atoms with E-state index >= 15 is 0 Å². The van der Waals surface area contributed by atoms with E-state index in [0.717, 1.165) is 43.9 Å². The molecule has 4 N–H and O–H groups in total. The van der Waals surface area contributed by atoms with Gasteiger partial charge in [0.1, 0.15) is 17.2 Å². The van der Waals surface area contributed by atoms with Crippen molar-refractivity contribution in [3.05, 3.63) is 42.5 Å². The number of carboxylic acid groups (broad SMARTS) is 1. The first-order valence-electron chi connectivity index (χ1n) is 19.9. The highest BCUT2D eigenvalue weighted by atomic mass is 32.2. The smallest absolute Gasteiger partial charge is 0.410 e. The monoisotopic (exact) mass is 815 g/mol. The molecule has 316 valence electrons. The number of hydrogen-bond acceptors (Lipinski definition) is 9. The Kier molecular flexibility index (Phi) is 15.7. The van der Waals surface area contributed by atoms with E-state index in [1.807, 2.05) is 53.7 Å². The summed E-state index contributed by atoms with van der Waals surface area (Å²) in [5.74, 6) is -2.21. The van der Waals surface area contributed by atoms with Crippen molar-refractivity contribution in [1.82, 2.24) is 25.2 Å². The minimum Gasteiger partial charge on any atom is -0.480 e. The van der Waals surface area contributed by atoms with E-state index in [1.165, 1.54) is 12.1 Å². The van der Waals surface area contributed by atoms with Gasteiger partial charge in [-0.25, -0.2) is 18.0 Å². The number of carbonyl (C=O) groups excluding carboxylic acids is 4. The molecule has 2 fully saturated rings. The van der Waals surface area contributed by atoms with Crippen LogP contribution in [0.4, 0.5) is 9.59 Å². The van der Waals surface area contributed by atoms with Crippen LogP contribution >= 0.6 is 0 Å². The second-order valence-electron chi connectivity index (χ2n) is 17.2. The molecular formula is C41H61N5O10S. The van der Waals surface area contributed by atoms with Crippen molar-refractivity contribution in [2.75, 3.05) is 39.3 Å². The highest BCUT2D eigenvalue weighted by Gasteiger charge is 2.31. The van der Waals surface area contributed by atoms with Crippen LogP contribution in [0.15, 0.2) is 47.4 Å². The summed E-state index contributed by atoms with van der Waals surface area (Å²) in [6, 6.07) is 9.96. The minimum atomic E-state index is -4.24. The van der Waals surface area contributed by atoms with Crippen molar-refractivity contribution in [3.63, 3.8) is 0 Å². The number of benzene rings is 2. The summed E-state index contributed by atoms with van der Waals surface area (Å²) in [4.78, 5) is 66.9. The Labute approximate surface area is 336 Å². The highest BCUT2D eigenvalue weighted by Crippen LogP contribution is 2.30. The number of likely N-dealkylation sites (tertiary alicyclic amines) is 2. The van der Waals surface area contributed by atoms with Crippen molar-refractivity contribution >= 4 is 50.8 Å². The predicted molar refractivity (Wildman–Crippen MR) is 215 cm³/mol. The second-order valence-corrected chi connectivity index (χ2v) is 18.9. The Bertz CT molecular complexity index is 1770. The van der Waals surface area contributed by atoms with Crippen LogP contribution in [0.5, 0.6) is 0 Å². The first-order chi connectivity index (χ1) is 26.7. The fraction of sp³-hybridized carbons (Fsp3) is 0.634. The summed E-state index contributed by atoms with van der Waals surface area (Å²) in [5.41, 5.74) is -1.16. The lowest BCUT2D eigenvalue weighted by Crippen LogP contribution is -2.50. The zero-order valence-corrected chi connectivity index (χ0v) is 35.0. The number of carbonyl (C=O) groups is 5. The Morgan fingerprint density at radius 3 is 1.72 bits per heavy atom. The summed E-state index contributed by atoms with van der Waals surface area (Å²) in [6.45, 7) is 12.3. The molecule has 0 aromatic heterocycles. The molecule has 2 aromatic rings.